The van der Waals surface area contributed by atoms with Crippen LogP contribution in [0.3, 0.4) is 0 Å². The summed E-state index contributed by atoms with van der Waals surface area (Å²) in [7, 11) is 4.25. The topological polar surface area (TPSA) is 27.7 Å². The van der Waals surface area contributed by atoms with E-state index >= 15 is 0 Å². The number of rotatable bonds is 9. The summed E-state index contributed by atoms with van der Waals surface area (Å²) in [6, 6.07) is 0. The average Bonchev–Trinajstić information content (AvgIpc) is 2.37. The maximum atomic E-state index is 5.72. The molecule has 0 radical (unpaired) electrons. The van der Waals surface area contributed by atoms with Crippen LogP contribution < -0.4 is 26.5 Å². The van der Waals surface area contributed by atoms with Crippen LogP contribution in [0.5, 0.6) is 0 Å². The zero-order valence-electron chi connectivity index (χ0n) is 12.1. The third-order valence-electron chi connectivity index (χ3n) is 3.32. The van der Waals surface area contributed by atoms with Crippen molar-refractivity contribution in [1.82, 2.24) is 15.1 Å². The quantitative estimate of drug-likeness (QED) is 0.345. The van der Waals surface area contributed by atoms with Crippen molar-refractivity contribution in [2.75, 3.05) is 69.3 Å². The molecule has 0 aromatic heterocycles. The van der Waals surface area contributed by atoms with Gasteiger partial charge in [-0.3, -0.25) is 0 Å². The first kappa shape index (κ1) is 16.6. The van der Waals surface area contributed by atoms with E-state index in [-0.39, 0.29) is 0 Å². The Morgan fingerprint density at radius 3 is 3.00 bits per heavy atom. The number of halogens is 1. The van der Waals surface area contributed by atoms with Crippen molar-refractivity contribution in [3.05, 3.63) is 0 Å². The van der Waals surface area contributed by atoms with Gasteiger partial charge < -0.3 is 0 Å². The van der Waals surface area contributed by atoms with E-state index in [1.807, 2.05) is 7.05 Å². The molecule has 1 N–H and O–H groups in total. The number of hydrogen-bond donors (Lipinski definition) is 1. The summed E-state index contributed by atoms with van der Waals surface area (Å²) in [4.78, 5) is 7.39. The number of hydrogen-bond acceptors (Lipinski definition) is 4. The van der Waals surface area contributed by atoms with Crippen LogP contribution in [0.15, 0.2) is 0 Å². The van der Waals surface area contributed by atoms with E-state index in [0.717, 1.165) is 26.2 Å². The van der Waals surface area contributed by atoms with Gasteiger partial charge in [-0.25, -0.2) is 0 Å². The second-order valence-corrected chi connectivity index (χ2v) is 7.57. The Bertz CT molecular complexity index is 205. The Morgan fingerprint density at radius 1 is 1.44 bits per heavy atom. The van der Waals surface area contributed by atoms with Gasteiger partial charge in [-0.15, -0.1) is 0 Å². The molecule has 0 spiro atoms. The summed E-state index contributed by atoms with van der Waals surface area (Å²) < 4.78 is 7.15. The molecule has 18 heavy (non-hydrogen) atoms. The fourth-order valence-electron chi connectivity index (χ4n) is 2.24. The second-order valence-electron chi connectivity index (χ2n) is 4.96. The molecule has 5 heteroatoms. The Hall–Kier alpha value is 0.570. The summed E-state index contributed by atoms with van der Waals surface area (Å²) in [6.07, 6.45) is 1.66. The van der Waals surface area contributed by atoms with Crippen molar-refractivity contribution in [2.45, 2.75) is 12.5 Å². The summed E-state index contributed by atoms with van der Waals surface area (Å²) >= 11 is 0.459. The first-order chi connectivity index (χ1) is 8.76. The van der Waals surface area contributed by atoms with Gasteiger partial charge in [-0.2, -0.15) is 0 Å². The first-order valence-electron chi connectivity index (χ1n) is 6.87. The molecule has 1 atom stereocenters. The van der Waals surface area contributed by atoms with E-state index < -0.39 is 0 Å². The number of nitrogens with zero attached hydrogens (tertiary/aromatic N) is 2. The van der Waals surface area contributed by atoms with Gasteiger partial charge in [0.15, 0.2) is 0 Å². The third-order valence-corrected chi connectivity index (χ3v) is 4.89. The fraction of sp³-hybridized carbons (Fsp3) is 1.00. The molecule has 0 amide bonds. The van der Waals surface area contributed by atoms with E-state index in [2.05, 4.69) is 27.1 Å². The van der Waals surface area contributed by atoms with Gasteiger partial charge in [0.05, 0.1) is 0 Å². The SMILES string of the molecule is CNC[C@H]1CN(CCCN(C)CC[I-]C)CCO1. The number of ether oxygens (including phenoxy) is 1. The predicted molar refractivity (Wildman–Crippen MR) is 73.0 cm³/mol. The molecule has 0 bridgehead atoms. The van der Waals surface area contributed by atoms with Gasteiger partial charge in [0.2, 0.25) is 0 Å². The minimum absolute atomic E-state index is 0.381. The van der Waals surface area contributed by atoms with Crippen molar-refractivity contribution in [1.29, 1.82) is 0 Å². The molecule has 110 valence electrons. The van der Waals surface area contributed by atoms with Crippen molar-refractivity contribution < 1.29 is 25.9 Å². The van der Waals surface area contributed by atoms with Crippen molar-refractivity contribution in [3.8, 4) is 0 Å². The molecule has 0 aromatic rings. The number of nitrogens with one attached hydrogen (secondary N) is 1. The van der Waals surface area contributed by atoms with Gasteiger partial charge in [-0.05, 0) is 0 Å². The van der Waals surface area contributed by atoms with Gasteiger partial charge in [0, 0.05) is 0 Å². The van der Waals surface area contributed by atoms with E-state index in [1.165, 1.54) is 30.5 Å². The average molecular weight is 370 g/mol. The fourth-order valence-corrected chi connectivity index (χ4v) is 3.55. The minimum atomic E-state index is 0.381. The zero-order chi connectivity index (χ0) is 13.2. The molecule has 1 aliphatic rings. The molecule has 0 saturated carbocycles. The molecule has 0 unspecified atom stereocenters. The molecular weight excluding hydrogens is 341 g/mol. The Labute approximate surface area is 123 Å². The Balaban J connectivity index is 2.07. The molecule has 0 aromatic carbocycles. The summed E-state index contributed by atoms with van der Waals surface area (Å²) in [5.41, 5.74) is 0. The van der Waals surface area contributed by atoms with Crippen LogP contribution in [0.2, 0.25) is 0 Å². The summed E-state index contributed by atoms with van der Waals surface area (Å²) in [5.74, 6) is 0. The number of alkyl halides is 2. The van der Waals surface area contributed by atoms with Crippen LogP contribution >= 0.6 is 0 Å². The molecule has 1 saturated heterocycles. The maximum absolute atomic E-state index is 5.72. The van der Waals surface area contributed by atoms with Crippen LogP contribution in [0.25, 0.3) is 0 Å². The van der Waals surface area contributed by atoms with E-state index in [1.54, 1.807) is 0 Å². The molecule has 1 heterocycles. The Kier molecular flexibility index (Phi) is 9.58. The van der Waals surface area contributed by atoms with Gasteiger partial charge in [0.25, 0.3) is 0 Å². The number of morpholine rings is 1. The van der Waals surface area contributed by atoms with E-state index in [0.29, 0.717) is 27.3 Å². The first-order valence-corrected chi connectivity index (χ1v) is 10.6. The molecule has 1 fully saturated rings. The summed E-state index contributed by atoms with van der Waals surface area (Å²) in [6.45, 7) is 7.79. The van der Waals surface area contributed by atoms with Crippen LogP contribution in [-0.4, -0.2) is 85.2 Å². The van der Waals surface area contributed by atoms with E-state index in [9.17, 15) is 0 Å². The predicted octanol–water partition coefficient (Wildman–Crippen LogP) is -3.05. The molecule has 0 aliphatic carbocycles. The van der Waals surface area contributed by atoms with Crippen LogP contribution in [-0.2, 0) is 4.74 Å². The monoisotopic (exact) mass is 370 g/mol. The van der Waals surface area contributed by atoms with Crippen molar-refractivity contribution in [3.63, 3.8) is 0 Å². The number of likely N-dealkylation sites (N-methyl/N-ethyl adjacent to an activating group) is 1. The van der Waals surface area contributed by atoms with Crippen LogP contribution in [0.1, 0.15) is 6.42 Å². The van der Waals surface area contributed by atoms with Crippen molar-refractivity contribution in [2.24, 2.45) is 0 Å². The van der Waals surface area contributed by atoms with Gasteiger partial charge in [0.1, 0.15) is 0 Å². The van der Waals surface area contributed by atoms with Gasteiger partial charge in [-0.1, -0.05) is 0 Å². The Morgan fingerprint density at radius 2 is 2.28 bits per heavy atom. The second kappa shape index (κ2) is 10.4. The van der Waals surface area contributed by atoms with Crippen molar-refractivity contribution >= 4 is 0 Å². The standard InChI is InChI=1S/C13H29IN3O/c1-14-5-8-16(3)6-4-7-17-9-10-18-13(12-17)11-15-2/h13,15H,4-12H2,1-3H3/q-1/t13-/m0/s1. The van der Waals surface area contributed by atoms with Gasteiger partial charge >= 0.3 is 123 Å². The molecule has 1 aliphatic heterocycles. The zero-order valence-corrected chi connectivity index (χ0v) is 14.3. The third kappa shape index (κ3) is 7.23. The molecular formula is C13H29IN3O-. The van der Waals surface area contributed by atoms with E-state index in [4.69, 9.17) is 4.74 Å². The summed E-state index contributed by atoms with van der Waals surface area (Å²) in [5, 5.41) is 3.20. The van der Waals surface area contributed by atoms with Crippen LogP contribution in [0.4, 0.5) is 0 Å². The molecule has 4 nitrogen and oxygen atoms in total. The van der Waals surface area contributed by atoms with Crippen LogP contribution in [0, 0.1) is 0 Å². The normalized spacial score (nSPS) is 21.9. The molecule has 1 rings (SSSR count).